The highest BCUT2D eigenvalue weighted by molar-refractivity contribution is 9.10. The van der Waals surface area contributed by atoms with E-state index in [4.69, 9.17) is 4.74 Å². The Bertz CT molecular complexity index is 240. The Labute approximate surface area is 89.4 Å². The SMILES string of the molecule is Cc1cc(Br)cc(OCCBr)c1. The van der Waals surface area contributed by atoms with Crippen LogP contribution in [0.3, 0.4) is 0 Å². The van der Waals surface area contributed by atoms with Crippen LogP contribution in [0.1, 0.15) is 5.56 Å². The van der Waals surface area contributed by atoms with Crippen molar-refractivity contribution in [3.63, 3.8) is 0 Å². The molecule has 0 aliphatic heterocycles. The molecule has 1 aromatic carbocycles. The normalized spacial score (nSPS) is 9.92. The largest absolute Gasteiger partial charge is 0.493 e. The van der Waals surface area contributed by atoms with Crippen LogP contribution in [0.25, 0.3) is 0 Å². The van der Waals surface area contributed by atoms with Gasteiger partial charge in [0.05, 0.1) is 6.61 Å². The highest BCUT2D eigenvalue weighted by Gasteiger charge is 1.96. The molecule has 0 saturated carbocycles. The predicted octanol–water partition coefficient (Wildman–Crippen LogP) is 3.53. The monoisotopic (exact) mass is 292 g/mol. The maximum absolute atomic E-state index is 5.44. The van der Waals surface area contributed by atoms with Crippen molar-refractivity contribution in [3.8, 4) is 5.75 Å². The lowest BCUT2D eigenvalue weighted by molar-refractivity contribution is 0.344. The summed E-state index contributed by atoms with van der Waals surface area (Å²) in [7, 11) is 0. The fourth-order valence-corrected chi connectivity index (χ4v) is 1.69. The number of alkyl halides is 1. The van der Waals surface area contributed by atoms with Crippen LogP contribution in [0.5, 0.6) is 5.75 Å². The lowest BCUT2D eigenvalue weighted by Crippen LogP contribution is -1.97. The highest BCUT2D eigenvalue weighted by Crippen LogP contribution is 2.20. The molecule has 1 aromatic rings. The third-order valence-corrected chi connectivity index (χ3v) is 2.14. The molecule has 0 heterocycles. The summed E-state index contributed by atoms with van der Waals surface area (Å²) in [6.07, 6.45) is 0. The van der Waals surface area contributed by atoms with Gasteiger partial charge in [-0.15, -0.1) is 0 Å². The molecule has 0 bridgehead atoms. The summed E-state index contributed by atoms with van der Waals surface area (Å²) in [6, 6.07) is 6.05. The van der Waals surface area contributed by atoms with E-state index < -0.39 is 0 Å². The van der Waals surface area contributed by atoms with E-state index in [-0.39, 0.29) is 0 Å². The Morgan fingerprint density at radius 3 is 2.67 bits per heavy atom. The molecule has 0 atom stereocenters. The number of aryl methyl sites for hydroxylation is 1. The van der Waals surface area contributed by atoms with Crippen LogP contribution < -0.4 is 4.74 Å². The summed E-state index contributed by atoms with van der Waals surface area (Å²) in [5.74, 6) is 0.918. The van der Waals surface area contributed by atoms with Crippen molar-refractivity contribution in [3.05, 3.63) is 28.2 Å². The van der Waals surface area contributed by atoms with Crippen molar-refractivity contribution in [1.82, 2.24) is 0 Å². The Kier molecular flexibility index (Phi) is 4.09. The molecule has 1 rings (SSSR count). The molecule has 3 heteroatoms. The first-order valence-electron chi connectivity index (χ1n) is 3.68. The number of ether oxygens (including phenoxy) is 1. The van der Waals surface area contributed by atoms with Crippen molar-refractivity contribution in [2.24, 2.45) is 0 Å². The fourth-order valence-electron chi connectivity index (χ4n) is 0.943. The van der Waals surface area contributed by atoms with Gasteiger partial charge in [-0.25, -0.2) is 0 Å². The van der Waals surface area contributed by atoms with E-state index in [1.807, 2.05) is 19.1 Å². The van der Waals surface area contributed by atoms with E-state index in [2.05, 4.69) is 37.9 Å². The Balaban J connectivity index is 2.72. The van der Waals surface area contributed by atoms with E-state index in [0.29, 0.717) is 6.61 Å². The van der Waals surface area contributed by atoms with Gasteiger partial charge in [-0.2, -0.15) is 0 Å². The molecule has 0 amide bonds. The van der Waals surface area contributed by atoms with E-state index in [9.17, 15) is 0 Å². The number of hydrogen-bond donors (Lipinski definition) is 0. The summed E-state index contributed by atoms with van der Waals surface area (Å²) in [5.41, 5.74) is 1.20. The topological polar surface area (TPSA) is 9.23 Å². The van der Waals surface area contributed by atoms with Crippen LogP contribution in [0.4, 0.5) is 0 Å². The first-order valence-corrected chi connectivity index (χ1v) is 5.60. The van der Waals surface area contributed by atoms with Gasteiger partial charge < -0.3 is 4.74 Å². The van der Waals surface area contributed by atoms with E-state index in [1.165, 1.54) is 5.56 Å². The van der Waals surface area contributed by atoms with E-state index >= 15 is 0 Å². The van der Waals surface area contributed by atoms with Crippen molar-refractivity contribution in [2.75, 3.05) is 11.9 Å². The zero-order valence-corrected chi connectivity index (χ0v) is 9.98. The molecule has 0 fully saturated rings. The highest BCUT2D eigenvalue weighted by atomic mass is 79.9. The minimum absolute atomic E-state index is 0.704. The van der Waals surface area contributed by atoms with E-state index in [0.717, 1.165) is 15.6 Å². The van der Waals surface area contributed by atoms with Gasteiger partial charge in [0, 0.05) is 9.80 Å². The van der Waals surface area contributed by atoms with Gasteiger partial charge >= 0.3 is 0 Å². The van der Waals surface area contributed by atoms with Crippen LogP contribution in [0.2, 0.25) is 0 Å². The van der Waals surface area contributed by atoms with Gasteiger partial charge in [0.2, 0.25) is 0 Å². The number of hydrogen-bond acceptors (Lipinski definition) is 1. The van der Waals surface area contributed by atoms with E-state index in [1.54, 1.807) is 0 Å². The molecule has 0 aromatic heterocycles. The minimum atomic E-state index is 0.704. The first-order chi connectivity index (χ1) is 5.72. The predicted molar refractivity (Wildman–Crippen MR) is 58.2 cm³/mol. The average molecular weight is 294 g/mol. The molecule has 0 aliphatic rings. The number of rotatable bonds is 3. The van der Waals surface area contributed by atoms with Crippen LogP contribution in [-0.4, -0.2) is 11.9 Å². The van der Waals surface area contributed by atoms with Gasteiger partial charge in [-0.05, 0) is 30.7 Å². The molecule has 12 heavy (non-hydrogen) atoms. The van der Waals surface area contributed by atoms with Crippen molar-refractivity contribution >= 4 is 31.9 Å². The maximum atomic E-state index is 5.44. The zero-order chi connectivity index (χ0) is 8.97. The fraction of sp³-hybridized carbons (Fsp3) is 0.333. The third kappa shape index (κ3) is 3.15. The van der Waals surface area contributed by atoms with Gasteiger partial charge in [0.25, 0.3) is 0 Å². The molecule has 0 aliphatic carbocycles. The molecule has 0 saturated heterocycles. The number of benzene rings is 1. The molecule has 1 nitrogen and oxygen atoms in total. The van der Waals surface area contributed by atoms with Gasteiger partial charge in [0.1, 0.15) is 5.75 Å². The van der Waals surface area contributed by atoms with Crippen LogP contribution in [0, 0.1) is 6.92 Å². The molecule has 0 unspecified atom stereocenters. The molecular weight excluding hydrogens is 284 g/mol. The molecule has 0 spiro atoms. The lowest BCUT2D eigenvalue weighted by Gasteiger charge is -2.05. The van der Waals surface area contributed by atoms with Crippen LogP contribution in [-0.2, 0) is 0 Å². The van der Waals surface area contributed by atoms with Crippen LogP contribution in [0.15, 0.2) is 22.7 Å². The van der Waals surface area contributed by atoms with Crippen LogP contribution >= 0.6 is 31.9 Å². The molecule has 0 N–H and O–H groups in total. The minimum Gasteiger partial charge on any atom is -0.493 e. The molecule has 66 valence electrons. The summed E-state index contributed by atoms with van der Waals surface area (Å²) in [5, 5.41) is 0.860. The maximum Gasteiger partial charge on any atom is 0.120 e. The Morgan fingerprint density at radius 2 is 2.08 bits per heavy atom. The Morgan fingerprint density at radius 1 is 1.33 bits per heavy atom. The summed E-state index contributed by atoms with van der Waals surface area (Å²) in [4.78, 5) is 0. The Hall–Kier alpha value is -0.0200. The van der Waals surface area contributed by atoms with Crippen molar-refractivity contribution < 1.29 is 4.74 Å². The van der Waals surface area contributed by atoms with Gasteiger partial charge in [-0.1, -0.05) is 31.9 Å². The third-order valence-electron chi connectivity index (χ3n) is 1.36. The summed E-state index contributed by atoms with van der Waals surface area (Å²) in [6.45, 7) is 2.75. The lowest BCUT2D eigenvalue weighted by atomic mass is 10.2. The van der Waals surface area contributed by atoms with Gasteiger partial charge in [0.15, 0.2) is 0 Å². The summed E-state index contributed by atoms with van der Waals surface area (Å²) >= 11 is 6.72. The van der Waals surface area contributed by atoms with Crippen molar-refractivity contribution in [1.29, 1.82) is 0 Å². The zero-order valence-electron chi connectivity index (χ0n) is 6.81. The number of halogens is 2. The smallest absolute Gasteiger partial charge is 0.120 e. The second-order valence-electron chi connectivity index (χ2n) is 2.50. The first kappa shape index (κ1) is 10.1. The van der Waals surface area contributed by atoms with Crippen molar-refractivity contribution in [2.45, 2.75) is 6.92 Å². The molecule has 0 radical (unpaired) electrons. The van der Waals surface area contributed by atoms with Gasteiger partial charge in [-0.3, -0.25) is 0 Å². The second-order valence-corrected chi connectivity index (χ2v) is 4.21. The summed E-state index contributed by atoms with van der Waals surface area (Å²) < 4.78 is 6.50. The second kappa shape index (κ2) is 4.87. The average Bonchev–Trinajstić information content (AvgIpc) is 1.99. The quantitative estimate of drug-likeness (QED) is 0.775. The molecular formula is C9H10Br2O. The standard InChI is InChI=1S/C9H10Br2O/c1-7-4-8(11)6-9(5-7)12-3-2-10/h4-6H,2-3H2,1H3.